The van der Waals surface area contributed by atoms with Crippen molar-refractivity contribution in [3.63, 3.8) is 0 Å². The Morgan fingerprint density at radius 3 is 2.50 bits per heavy atom. The molecule has 0 unspecified atom stereocenters. The number of anilines is 1. The Morgan fingerprint density at radius 2 is 1.75 bits per heavy atom. The predicted molar refractivity (Wildman–Crippen MR) is 100.0 cm³/mol. The van der Waals surface area contributed by atoms with Crippen LogP contribution in [0.3, 0.4) is 0 Å². The fraction of sp³-hybridized carbons (Fsp3) is 0.0952. The maximum atomic E-state index is 13.0. The van der Waals surface area contributed by atoms with Crippen molar-refractivity contribution in [1.29, 1.82) is 0 Å². The normalized spacial score (nSPS) is 13.0. The third-order valence-electron chi connectivity index (χ3n) is 4.43. The zero-order valence-electron chi connectivity index (χ0n) is 14.5. The minimum absolute atomic E-state index is 0.336. The van der Waals surface area contributed by atoms with Gasteiger partial charge in [-0.1, -0.05) is 24.3 Å². The molecule has 0 saturated heterocycles. The lowest BCUT2D eigenvalue weighted by atomic mass is 10.0. The number of hydrogen-bond donors (Lipinski definition) is 1. The lowest BCUT2D eigenvalue weighted by molar-refractivity contribution is -0.137. The quantitative estimate of drug-likeness (QED) is 0.692. The first kappa shape index (κ1) is 17.9. The summed E-state index contributed by atoms with van der Waals surface area (Å²) in [4.78, 5) is 21.0. The number of fused-ring (bicyclic) bond motifs is 1. The van der Waals surface area contributed by atoms with Crippen LogP contribution in [0, 0.1) is 0 Å². The van der Waals surface area contributed by atoms with Crippen LogP contribution < -0.4 is 5.32 Å². The molecular weight excluding hydrogens is 367 g/mol. The highest BCUT2D eigenvalue weighted by atomic mass is 19.4. The largest absolute Gasteiger partial charge is 0.416 e. The van der Waals surface area contributed by atoms with E-state index >= 15 is 0 Å². The van der Waals surface area contributed by atoms with E-state index in [0.29, 0.717) is 34.6 Å². The third-order valence-corrected chi connectivity index (χ3v) is 4.43. The van der Waals surface area contributed by atoms with E-state index in [4.69, 9.17) is 0 Å². The van der Waals surface area contributed by atoms with Gasteiger partial charge < -0.3 is 5.32 Å². The lowest BCUT2D eigenvalue weighted by Crippen LogP contribution is -2.12. The molecule has 7 heteroatoms. The highest BCUT2D eigenvalue weighted by Gasteiger charge is 2.31. The Bertz CT molecular complexity index is 1080. The topological polar surface area (TPSA) is 54.4 Å². The molecule has 0 spiro atoms. The van der Waals surface area contributed by atoms with Gasteiger partial charge in [-0.15, -0.1) is 0 Å². The number of carbonyl (C=O) groups excluding carboxylic acids is 1. The van der Waals surface area contributed by atoms with Crippen LogP contribution in [0.4, 0.5) is 24.5 Å². The fourth-order valence-electron chi connectivity index (χ4n) is 3.08. The Hall–Kier alpha value is -3.48. The molecule has 1 aromatic heterocycles. The van der Waals surface area contributed by atoms with Crippen molar-refractivity contribution < 1.29 is 18.0 Å². The van der Waals surface area contributed by atoms with Crippen LogP contribution in [0.1, 0.15) is 27.0 Å². The molecule has 28 heavy (non-hydrogen) atoms. The zero-order valence-corrected chi connectivity index (χ0v) is 14.5. The highest BCUT2D eigenvalue weighted by molar-refractivity contribution is 6.13. The van der Waals surface area contributed by atoms with Crippen molar-refractivity contribution in [3.05, 3.63) is 89.2 Å². The highest BCUT2D eigenvalue weighted by Crippen LogP contribution is 2.35. The number of pyridine rings is 1. The van der Waals surface area contributed by atoms with Gasteiger partial charge in [0.2, 0.25) is 0 Å². The number of nitrogens with zero attached hydrogens (tertiary/aromatic N) is 2. The van der Waals surface area contributed by atoms with Gasteiger partial charge in [0.05, 0.1) is 22.5 Å². The number of carbonyl (C=O) groups is 1. The Morgan fingerprint density at radius 1 is 1.00 bits per heavy atom. The van der Waals surface area contributed by atoms with Gasteiger partial charge >= 0.3 is 6.18 Å². The Labute approximate surface area is 158 Å². The summed E-state index contributed by atoms with van der Waals surface area (Å²) in [6.45, 7) is 0. The van der Waals surface area contributed by atoms with E-state index in [9.17, 15) is 18.0 Å². The number of aromatic nitrogens is 1. The molecule has 140 valence electrons. The summed E-state index contributed by atoms with van der Waals surface area (Å²) in [6, 6.07) is 13.6. The minimum Gasteiger partial charge on any atom is -0.322 e. The van der Waals surface area contributed by atoms with E-state index in [2.05, 4.69) is 15.3 Å². The zero-order chi connectivity index (χ0) is 19.7. The van der Waals surface area contributed by atoms with Crippen LogP contribution in [0.2, 0.25) is 0 Å². The van der Waals surface area contributed by atoms with Crippen LogP contribution in [0.25, 0.3) is 0 Å². The molecule has 3 aromatic rings. The summed E-state index contributed by atoms with van der Waals surface area (Å²) >= 11 is 0. The van der Waals surface area contributed by atoms with Gasteiger partial charge in [-0.2, -0.15) is 13.2 Å². The third kappa shape index (κ3) is 3.51. The molecular formula is C21H14F3N3O. The van der Waals surface area contributed by atoms with Gasteiger partial charge in [-0.05, 0) is 41.5 Å². The van der Waals surface area contributed by atoms with Gasteiger partial charge in [0.1, 0.15) is 0 Å². The average molecular weight is 381 g/mol. The van der Waals surface area contributed by atoms with E-state index in [1.165, 1.54) is 6.07 Å². The molecule has 0 saturated carbocycles. The van der Waals surface area contributed by atoms with Crippen LogP contribution in [0.5, 0.6) is 0 Å². The second-order valence-corrected chi connectivity index (χ2v) is 6.32. The van der Waals surface area contributed by atoms with E-state index in [1.54, 1.807) is 42.7 Å². The molecule has 0 fully saturated rings. The monoisotopic (exact) mass is 381 g/mol. The molecule has 1 aliphatic heterocycles. The van der Waals surface area contributed by atoms with Crippen LogP contribution in [-0.4, -0.2) is 16.6 Å². The maximum absolute atomic E-state index is 13.0. The first-order valence-corrected chi connectivity index (χ1v) is 8.50. The summed E-state index contributed by atoms with van der Waals surface area (Å²) < 4.78 is 39.0. The minimum atomic E-state index is -4.42. The SMILES string of the molecule is O=C(Nc1ccncc1)c1cccc2c1N=C(c1cccc(C(F)(F)F)c1)C2. The maximum Gasteiger partial charge on any atom is 0.416 e. The first-order valence-electron chi connectivity index (χ1n) is 8.50. The van der Waals surface area contributed by atoms with Crippen LogP contribution >= 0.6 is 0 Å². The molecule has 0 aliphatic carbocycles. The summed E-state index contributed by atoms with van der Waals surface area (Å²) in [5.41, 5.74) is 2.43. The molecule has 2 heterocycles. The molecule has 1 aliphatic rings. The van der Waals surface area contributed by atoms with Gasteiger partial charge in [0.15, 0.2) is 0 Å². The molecule has 4 rings (SSSR count). The smallest absolute Gasteiger partial charge is 0.322 e. The number of hydrogen-bond acceptors (Lipinski definition) is 3. The number of aliphatic imine (C=N–C) groups is 1. The van der Waals surface area contributed by atoms with Crippen molar-refractivity contribution in [2.45, 2.75) is 12.6 Å². The predicted octanol–water partition coefficient (Wildman–Crippen LogP) is 5.03. The van der Waals surface area contributed by atoms with Crippen LogP contribution in [0.15, 0.2) is 72.0 Å². The van der Waals surface area contributed by atoms with Gasteiger partial charge in [0.25, 0.3) is 5.91 Å². The van der Waals surface area contributed by atoms with Crippen LogP contribution in [-0.2, 0) is 12.6 Å². The number of halogens is 3. The number of rotatable bonds is 3. The number of benzene rings is 2. The van der Waals surface area contributed by atoms with Gasteiger partial charge in [-0.25, -0.2) is 0 Å². The van der Waals surface area contributed by atoms with Crippen molar-refractivity contribution in [1.82, 2.24) is 4.98 Å². The van der Waals surface area contributed by atoms with E-state index in [0.717, 1.165) is 17.7 Å². The van der Waals surface area contributed by atoms with E-state index in [-0.39, 0.29) is 5.91 Å². The summed E-state index contributed by atoms with van der Waals surface area (Å²) in [6.07, 6.45) is -0.922. The van der Waals surface area contributed by atoms with Gasteiger partial charge in [-0.3, -0.25) is 14.8 Å². The number of amides is 1. The van der Waals surface area contributed by atoms with Crippen molar-refractivity contribution in [2.24, 2.45) is 4.99 Å². The second-order valence-electron chi connectivity index (χ2n) is 6.32. The van der Waals surface area contributed by atoms with E-state index in [1.807, 2.05) is 6.07 Å². The molecule has 2 aromatic carbocycles. The van der Waals surface area contributed by atoms with Crippen molar-refractivity contribution in [2.75, 3.05) is 5.32 Å². The molecule has 1 amide bonds. The number of para-hydroxylation sites is 1. The summed E-state index contributed by atoms with van der Waals surface area (Å²) in [5, 5.41) is 2.77. The molecule has 0 bridgehead atoms. The van der Waals surface area contributed by atoms with Gasteiger partial charge in [0, 0.05) is 24.5 Å². The molecule has 0 radical (unpaired) electrons. The standard InChI is InChI=1S/C21H14F3N3O/c22-21(23,24)15-5-1-3-13(11-15)18-12-14-4-2-6-17(19(14)27-18)20(28)26-16-7-9-25-10-8-16/h1-11H,12H2,(H,25,26,28). The van der Waals surface area contributed by atoms with E-state index < -0.39 is 11.7 Å². The fourth-order valence-corrected chi connectivity index (χ4v) is 3.08. The Kier molecular flexibility index (Phi) is 4.43. The lowest BCUT2D eigenvalue weighted by Gasteiger charge is -2.08. The number of alkyl halides is 3. The van der Waals surface area contributed by atoms with Crippen molar-refractivity contribution >= 4 is 23.0 Å². The first-order chi connectivity index (χ1) is 13.4. The Balaban J connectivity index is 1.66. The molecule has 0 atom stereocenters. The van der Waals surface area contributed by atoms with Crippen molar-refractivity contribution in [3.8, 4) is 0 Å². The molecule has 1 N–H and O–H groups in total. The number of nitrogens with one attached hydrogen (secondary N) is 1. The summed E-state index contributed by atoms with van der Waals surface area (Å²) in [7, 11) is 0. The molecule has 4 nitrogen and oxygen atoms in total. The second kappa shape index (κ2) is 6.92. The summed E-state index contributed by atoms with van der Waals surface area (Å²) in [5.74, 6) is -0.336. The average Bonchev–Trinajstić information content (AvgIpc) is 3.12.